The number of nitrogens with zero attached hydrogens (tertiary/aromatic N) is 2. The van der Waals surface area contributed by atoms with E-state index in [0.29, 0.717) is 54.8 Å². The fourth-order valence-electron chi connectivity index (χ4n) is 3.01. The van der Waals surface area contributed by atoms with Gasteiger partial charge in [-0.1, -0.05) is 41.4 Å². The molecule has 1 amide bonds. The molecule has 132 valence electrons. The number of piperazine rings is 1. The molecular formula is C19H19Cl2FN2O. The summed E-state index contributed by atoms with van der Waals surface area (Å²) in [5.41, 5.74) is 1.60. The molecule has 0 atom stereocenters. The predicted octanol–water partition coefficient (Wildman–Crippen LogP) is 4.41. The highest BCUT2D eigenvalue weighted by atomic mass is 35.5. The van der Waals surface area contributed by atoms with Crippen LogP contribution in [0.25, 0.3) is 0 Å². The van der Waals surface area contributed by atoms with Crippen molar-refractivity contribution in [3.05, 3.63) is 63.9 Å². The SMILES string of the molecule is O=C(CCc1ccc(Cl)c(Cl)c1)N1CCN(c2ccccc2F)CC1. The number of hydrogen-bond donors (Lipinski definition) is 0. The van der Waals surface area contributed by atoms with Gasteiger partial charge in [0.25, 0.3) is 0 Å². The minimum absolute atomic E-state index is 0.110. The summed E-state index contributed by atoms with van der Waals surface area (Å²) in [4.78, 5) is 16.2. The Labute approximate surface area is 156 Å². The third-order valence-corrected chi connectivity index (χ3v) is 5.18. The minimum atomic E-state index is -0.220. The van der Waals surface area contributed by atoms with Crippen LogP contribution >= 0.6 is 23.2 Å². The van der Waals surface area contributed by atoms with Gasteiger partial charge < -0.3 is 9.80 Å². The fraction of sp³-hybridized carbons (Fsp3) is 0.316. The average molecular weight is 381 g/mol. The molecule has 0 aromatic heterocycles. The Morgan fingerprint density at radius 2 is 1.72 bits per heavy atom. The van der Waals surface area contributed by atoms with Gasteiger partial charge in [-0.2, -0.15) is 0 Å². The van der Waals surface area contributed by atoms with E-state index in [1.807, 2.05) is 21.9 Å². The summed E-state index contributed by atoms with van der Waals surface area (Å²) in [5.74, 6) is -0.110. The summed E-state index contributed by atoms with van der Waals surface area (Å²) in [6.45, 7) is 2.49. The molecule has 25 heavy (non-hydrogen) atoms. The first kappa shape index (κ1) is 18.0. The van der Waals surface area contributed by atoms with Crippen LogP contribution in [0.3, 0.4) is 0 Å². The fourth-order valence-corrected chi connectivity index (χ4v) is 3.33. The van der Waals surface area contributed by atoms with Crippen LogP contribution in [0.5, 0.6) is 0 Å². The van der Waals surface area contributed by atoms with Crippen LogP contribution in [-0.4, -0.2) is 37.0 Å². The van der Waals surface area contributed by atoms with E-state index >= 15 is 0 Å². The predicted molar refractivity (Wildman–Crippen MR) is 100.0 cm³/mol. The first-order chi connectivity index (χ1) is 12.0. The number of halogens is 3. The van der Waals surface area contributed by atoms with Gasteiger partial charge in [0.05, 0.1) is 15.7 Å². The molecule has 0 bridgehead atoms. The van der Waals surface area contributed by atoms with E-state index in [2.05, 4.69) is 0 Å². The van der Waals surface area contributed by atoms with Crippen molar-refractivity contribution in [3.63, 3.8) is 0 Å². The third-order valence-electron chi connectivity index (χ3n) is 4.44. The van der Waals surface area contributed by atoms with E-state index < -0.39 is 0 Å². The van der Waals surface area contributed by atoms with Crippen molar-refractivity contribution in [2.75, 3.05) is 31.1 Å². The molecule has 0 aliphatic carbocycles. The number of aryl methyl sites for hydroxylation is 1. The van der Waals surface area contributed by atoms with Gasteiger partial charge in [0, 0.05) is 32.6 Å². The number of anilines is 1. The molecule has 0 saturated carbocycles. The highest BCUT2D eigenvalue weighted by Gasteiger charge is 2.22. The zero-order chi connectivity index (χ0) is 17.8. The van der Waals surface area contributed by atoms with Crippen LogP contribution in [0, 0.1) is 5.82 Å². The van der Waals surface area contributed by atoms with Gasteiger partial charge in [-0.05, 0) is 36.2 Å². The van der Waals surface area contributed by atoms with Crippen LogP contribution in [0.15, 0.2) is 42.5 Å². The lowest BCUT2D eigenvalue weighted by molar-refractivity contribution is -0.131. The molecule has 0 unspecified atom stereocenters. The molecular weight excluding hydrogens is 362 g/mol. The number of benzene rings is 2. The van der Waals surface area contributed by atoms with Crippen LogP contribution in [-0.2, 0) is 11.2 Å². The maximum atomic E-state index is 13.9. The minimum Gasteiger partial charge on any atom is -0.366 e. The van der Waals surface area contributed by atoms with Gasteiger partial charge >= 0.3 is 0 Å². The Bertz CT molecular complexity index is 761. The Morgan fingerprint density at radius 1 is 1.00 bits per heavy atom. The van der Waals surface area contributed by atoms with Crippen molar-refractivity contribution in [2.24, 2.45) is 0 Å². The van der Waals surface area contributed by atoms with Crippen molar-refractivity contribution in [1.29, 1.82) is 0 Å². The summed E-state index contributed by atoms with van der Waals surface area (Å²) >= 11 is 11.9. The van der Waals surface area contributed by atoms with Gasteiger partial charge in [0.15, 0.2) is 0 Å². The zero-order valence-corrected chi connectivity index (χ0v) is 15.2. The lowest BCUT2D eigenvalue weighted by Crippen LogP contribution is -2.49. The van der Waals surface area contributed by atoms with E-state index in [4.69, 9.17) is 23.2 Å². The van der Waals surface area contributed by atoms with E-state index in [9.17, 15) is 9.18 Å². The third kappa shape index (κ3) is 4.44. The summed E-state index contributed by atoms with van der Waals surface area (Å²) < 4.78 is 13.9. The maximum Gasteiger partial charge on any atom is 0.223 e. The second kappa shape index (κ2) is 8.07. The van der Waals surface area contributed by atoms with Crippen molar-refractivity contribution < 1.29 is 9.18 Å². The first-order valence-electron chi connectivity index (χ1n) is 8.26. The Balaban J connectivity index is 1.51. The number of para-hydroxylation sites is 1. The van der Waals surface area contributed by atoms with Crippen LogP contribution in [0.2, 0.25) is 10.0 Å². The maximum absolute atomic E-state index is 13.9. The van der Waals surface area contributed by atoms with Crippen molar-refractivity contribution in [1.82, 2.24) is 4.90 Å². The molecule has 1 aliphatic rings. The van der Waals surface area contributed by atoms with Gasteiger partial charge in [-0.15, -0.1) is 0 Å². The quantitative estimate of drug-likeness (QED) is 0.783. The van der Waals surface area contributed by atoms with Crippen LogP contribution < -0.4 is 4.90 Å². The van der Waals surface area contributed by atoms with Gasteiger partial charge in [0.1, 0.15) is 5.82 Å². The normalized spacial score (nSPS) is 14.7. The molecule has 1 aliphatic heterocycles. The molecule has 3 nitrogen and oxygen atoms in total. The number of hydrogen-bond acceptors (Lipinski definition) is 2. The standard InChI is InChI=1S/C19H19Cl2FN2O/c20-15-7-5-14(13-16(15)21)6-8-19(25)24-11-9-23(10-12-24)18-4-2-1-3-17(18)22/h1-5,7,13H,6,8-12H2. The summed E-state index contributed by atoms with van der Waals surface area (Å²) in [5, 5.41) is 1.02. The van der Waals surface area contributed by atoms with Crippen LogP contribution in [0.4, 0.5) is 10.1 Å². The van der Waals surface area contributed by atoms with Gasteiger partial charge in [0.2, 0.25) is 5.91 Å². The second-order valence-corrected chi connectivity index (χ2v) is 6.88. The number of rotatable bonds is 4. The largest absolute Gasteiger partial charge is 0.366 e. The molecule has 2 aromatic rings. The molecule has 6 heteroatoms. The number of amides is 1. The van der Waals surface area contributed by atoms with Gasteiger partial charge in [-0.3, -0.25) is 4.79 Å². The van der Waals surface area contributed by atoms with E-state index in [1.165, 1.54) is 6.07 Å². The zero-order valence-electron chi connectivity index (χ0n) is 13.7. The first-order valence-corrected chi connectivity index (χ1v) is 9.01. The van der Waals surface area contributed by atoms with Crippen molar-refractivity contribution in [2.45, 2.75) is 12.8 Å². The van der Waals surface area contributed by atoms with E-state index in [1.54, 1.807) is 24.3 Å². The molecule has 1 heterocycles. The molecule has 0 radical (unpaired) electrons. The molecule has 1 saturated heterocycles. The molecule has 0 N–H and O–H groups in total. The lowest BCUT2D eigenvalue weighted by Gasteiger charge is -2.36. The monoisotopic (exact) mass is 380 g/mol. The Morgan fingerprint density at radius 3 is 2.40 bits per heavy atom. The average Bonchev–Trinajstić information content (AvgIpc) is 2.63. The molecule has 2 aromatic carbocycles. The second-order valence-electron chi connectivity index (χ2n) is 6.07. The van der Waals surface area contributed by atoms with Gasteiger partial charge in [-0.25, -0.2) is 4.39 Å². The lowest BCUT2D eigenvalue weighted by atomic mass is 10.1. The summed E-state index contributed by atoms with van der Waals surface area (Å²) in [6, 6.07) is 12.2. The number of carbonyl (C=O) groups excluding carboxylic acids is 1. The number of carbonyl (C=O) groups is 1. The molecule has 1 fully saturated rings. The van der Waals surface area contributed by atoms with E-state index in [-0.39, 0.29) is 11.7 Å². The molecule has 0 spiro atoms. The smallest absolute Gasteiger partial charge is 0.223 e. The van der Waals surface area contributed by atoms with Crippen molar-refractivity contribution >= 4 is 34.8 Å². The molecule has 3 rings (SSSR count). The highest BCUT2D eigenvalue weighted by Crippen LogP contribution is 2.24. The Hall–Kier alpha value is -1.78. The topological polar surface area (TPSA) is 23.6 Å². The summed E-state index contributed by atoms with van der Waals surface area (Å²) in [6.07, 6.45) is 1.06. The van der Waals surface area contributed by atoms with Crippen molar-refractivity contribution in [3.8, 4) is 0 Å². The van der Waals surface area contributed by atoms with E-state index in [0.717, 1.165) is 5.56 Å². The van der Waals surface area contributed by atoms with Crippen LogP contribution in [0.1, 0.15) is 12.0 Å². The Kier molecular flexibility index (Phi) is 5.82. The summed E-state index contributed by atoms with van der Waals surface area (Å²) in [7, 11) is 0. The highest BCUT2D eigenvalue weighted by molar-refractivity contribution is 6.42.